The van der Waals surface area contributed by atoms with E-state index in [2.05, 4.69) is 27.9 Å². The highest BCUT2D eigenvalue weighted by molar-refractivity contribution is 7.18. The quantitative estimate of drug-likeness (QED) is 0.944. The van der Waals surface area contributed by atoms with Crippen LogP contribution in [0, 0.1) is 12.8 Å². The molecule has 0 spiro atoms. The van der Waals surface area contributed by atoms with E-state index in [0.717, 1.165) is 47.7 Å². The number of carboxylic acid groups (broad SMARTS) is 1. The molecule has 0 radical (unpaired) electrons. The molecular formula is C15H19N3O2S. The molecule has 3 heterocycles. The molecule has 5 nitrogen and oxygen atoms in total. The molecule has 0 aromatic carbocycles. The van der Waals surface area contributed by atoms with Crippen molar-refractivity contribution in [2.75, 3.05) is 18.0 Å². The Labute approximate surface area is 127 Å². The minimum atomic E-state index is -0.707. The standard InChI is InChI=1S/C15H19N3O2S/c1-3-11-7-12-13(16-9(2)17-14(12)21-11)18-6-4-5-10(8-18)15(19)20/h7,10H,3-6,8H2,1-2H3,(H,19,20)/t10-/m0/s1. The monoisotopic (exact) mass is 305 g/mol. The number of piperidine rings is 1. The van der Waals surface area contributed by atoms with Gasteiger partial charge in [-0.1, -0.05) is 6.92 Å². The average Bonchev–Trinajstić information content (AvgIpc) is 2.89. The van der Waals surface area contributed by atoms with Crippen LogP contribution in [0.15, 0.2) is 6.07 Å². The highest BCUT2D eigenvalue weighted by Gasteiger charge is 2.27. The number of nitrogens with zero attached hydrogens (tertiary/aromatic N) is 3. The third-order valence-corrected chi connectivity index (χ3v) is 5.13. The third kappa shape index (κ3) is 2.72. The number of rotatable bonds is 3. The zero-order valence-corrected chi connectivity index (χ0v) is 13.1. The number of anilines is 1. The summed E-state index contributed by atoms with van der Waals surface area (Å²) < 4.78 is 0. The zero-order chi connectivity index (χ0) is 15.0. The lowest BCUT2D eigenvalue weighted by molar-refractivity contribution is -0.141. The highest BCUT2D eigenvalue weighted by atomic mass is 32.1. The van der Waals surface area contributed by atoms with E-state index in [1.165, 1.54) is 4.88 Å². The van der Waals surface area contributed by atoms with Gasteiger partial charge in [-0.2, -0.15) is 0 Å². The fourth-order valence-electron chi connectivity index (χ4n) is 2.85. The van der Waals surface area contributed by atoms with Crippen LogP contribution in [0.25, 0.3) is 10.2 Å². The molecule has 0 unspecified atom stereocenters. The molecule has 1 aliphatic rings. The second kappa shape index (κ2) is 5.60. The number of aliphatic carboxylic acids is 1. The number of hydrogen-bond acceptors (Lipinski definition) is 5. The molecule has 112 valence electrons. The Balaban J connectivity index is 2.02. The number of aromatic nitrogens is 2. The normalized spacial score (nSPS) is 19.1. The summed E-state index contributed by atoms with van der Waals surface area (Å²) in [6.07, 6.45) is 2.63. The first-order chi connectivity index (χ1) is 10.1. The van der Waals surface area contributed by atoms with Crippen LogP contribution in [-0.2, 0) is 11.2 Å². The van der Waals surface area contributed by atoms with Gasteiger partial charge in [-0.05, 0) is 32.3 Å². The Morgan fingerprint density at radius 2 is 2.33 bits per heavy atom. The van der Waals surface area contributed by atoms with Crippen LogP contribution < -0.4 is 4.90 Å². The Kier molecular flexibility index (Phi) is 3.80. The molecule has 1 fully saturated rings. The lowest BCUT2D eigenvalue weighted by Gasteiger charge is -2.32. The van der Waals surface area contributed by atoms with E-state index in [0.29, 0.717) is 6.54 Å². The fourth-order valence-corrected chi connectivity index (χ4v) is 3.85. The number of aryl methyl sites for hydroxylation is 2. The zero-order valence-electron chi connectivity index (χ0n) is 12.3. The molecular weight excluding hydrogens is 286 g/mol. The lowest BCUT2D eigenvalue weighted by Crippen LogP contribution is -2.39. The van der Waals surface area contributed by atoms with Crippen molar-refractivity contribution in [2.45, 2.75) is 33.1 Å². The molecule has 2 aromatic rings. The van der Waals surface area contributed by atoms with Gasteiger partial charge < -0.3 is 10.0 Å². The second-order valence-electron chi connectivity index (χ2n) is 5.50. The Morgan fingerprint density at radius 3 is 3.05 bits per heavy atom. The molecule has 6 heteroatoms. The third-order valence-electron chi connectivity index (χ3n) is 3.95. The van der Waals surface area contributed by atoms with Crippen LogP contribution in [0.4, 0.5) is 5.82 Å². The number of hydrogen-bond donors (Lipinski definition) is 1. The summed E-state index contributed by atoms with van der Waals surface area (Å²) in [5.74, 6) is 0.647. The summed E-state index contributed by atoms with van der Waals surface area (Å²) in [4.78, 5) is 24.8. The summed E-state index contributed by atoms with van der Waals surface area (Å²) in [7, 11) is 0. The predicted octanol–water partition coefficient (Wildman–Crippen LogP) is 2.86. The number of carbonyl (C=O) groups is 1. The van der Waals surface area contributed by atoms with Crippen molar-refractivity contribution < 1.29 is 9.90 Å². The fraction of sp³-hybridized carbons (Fsp3) is 0.533. The van der Waals surface area contributed by atoms with Crippen molar-refractivity contribution in [2.24, 2.45) is 5.92 Å². The first-order valence-corrected chi connectivity index (χ1v) is 8.15. The maximum Gasteiger partial charge on any atom is 0.308 e. The Morgan fingerprint density at radius 1 is 1.52 bits per heavy atom. The molecule has 1 saturated heterocycles. The average molecular weight is 305 g/mol. The number of carboxylic acids is 1. The first kappa shape index (κ1) is 14.3. The van der Waals surface area contributed by atoms with E-state index in [-0.39, 0.29) is 5.92 Å². The van der Waals surface area contributed by atoms with Crippen LogP contribution >= 0.6 is 11.3 Å². The van der Waals surface area contributed by atoms with Gasteiger partial charge in [0.05, 0.1) is 11.3 Å². The van der Waals surface area contributed by atoms with Crippen molar-refractivity contribution in [1.82, 2.24) is 9.97 Å². The van der Waals surface area contributed by atoms with Gasteiger partial charge in [0, 0.05) is 18.0 Å². The van der Waals surface area contributed by atoms with E-state index in [4.69, 9.17) is 0 Å². The molecule has 0 bridgehead atoms. The largest absolute Gasteiger partial charge is 0.481 e. The molecule has 0 amide bonds. The van der Waals surface area contributed by atoms with Gasteiger partial charge >= 0.3 is 5.97 Å². The molecule has 1 atom stereocenters. The lowest BCUT2D eigenvalue weighted by atomic mass is 9.98. The maximum absolute atomic E-state index is 11.3. The molecule has 0 aliphatic carbocycles. The van der Waals surface area contributed by atoms with Crippen LogP contribution in [0.3, 0.4) is 0 Å². The Hall–Kier alpha value is -1.69. The molecule has 1 aliphatic heterocycles. The first-order valence-electron chi connectivity index (χ1n) is 7.33. The second-order valence-corrected chi connectivity index (χ2v) is 6.62. The summed E-state index contributed by atoms with van der Waals surface area (Å²) in [5, 5.41) is 10.3. The molecule has 21 heavy (non-hydrogen) atoms. The van der Waals surface area contributed by atoms with Gasteiger partial charge in [-0.3, -0.25) is 4.79 Å². The van der Waals surface area contributed by atoms with Gasteiger partial charge in [0.25, 0.3) is 0 Å². The van der Waals surface area contributed by atoms with Crippen LogP contribution in [0.1, 0.15) is 30.5 Å². The predicted molar refractivity (Wildman–Crippen MR) is 84.1 cm³/mol. The summed E-state index contributed by atoms with van der Waals surface area (Å²) in [5.41, 5.74) is 0. The van der Waals surface area contributed by atoms with Crippen LogP contribution in [-0.4, -0.2) is 34.1 Å². The van der Waals surface area contributed by atoms with E-state index in [9.17, 15) is 9.90 Å². The van der Waals surface area contributed by atoms with Gasteiger partial charge in [0.2, 0.25) is 0 Å². The van der Waals surface area contributed by atoms with Crippen molar-refractivity contribution in [1.29, 1.82) is 0 Å². The molecule has 3 rings (SSSR count). The minimum Gasteiger partial charge on any atom is -0.481 e. The van der Waals surface area contributed by atoms with Crippen molar-refractivity contribution >= 4 is 33.3 Å². The van der Waals surface area contributed by atoms with Crippen LogP contribution in [0.2, 0.25) is 0 Å². The van der Waals surface area contributed by atoms with Gasteiger partial charge in [0.1, 0.15) is 16.5 Å². The summed E-state index contributed by atoms with van der Waals surface area (Å²) in [6.45, 7) is 5.43. The van der Waals surface area contributed by atoms with Crippen molar-refractivity contribution in [3.8, 4) is 0 Å². The van der Waals surface area contributed by atoms with E-state index >= 15 is 0 Å². The molecule has 1 N–H and O–H groups in total. The van der Waals surface area contributed by atoms with Crippen molar-refractivity contribution in [3.63, 3.8) is 0 Å². The SMILES string of the molecule is CCc1cc2c(N3CCC[C@H](C(=O)O)C3)nc(C)nc2s1. The van der Waals surface area contributed by atoms with Gasteiger partial charge in [0.15, 0.2) is 0 Å². The molecule has 2 aromatic heterocycles. The minimum absolute atomic E-state index is 0.298. The van der Waals surface area contributed by atoms with Crippen LogP contribution in [0.5, 0.6) is 0 Å². The Bertz CT molecular complexity index is 683. The number of thiophene rings is 1. The maximum atomic E-state index is 11.3. The van der Waals surface area contributed by atoms with E-state index < -0.39 is 5.97 Å². The van der Waals surface area contributed by atoms with Crippen molar-refractivity contribution in [3.05, 3.63) is 16.8 Å². The highest BCUT2D eigenvalue weighted by Crippen LogP contribution is 2.33. The van der Waals surface area contributed by atoms with Gasteiger partial charge in [-0.15, -0.1) is 11.3 Å². The summed E-state index contributed by atoms with van der Waals surface area (Å²) in [6, 6.07) is 2.15. The summed E-state index contributed by atoms with van der Waals surface area (Å²) >= 11 is 1.70. The van der Waals surface area contributed by atoms with E-state index in [1.807, 2.05) is 6.92 Å². The smallest absolute Gasteiger partial charge is 0.308 e. The molecule has 0 saturated carbocycles. The number of fused-ring (bicyclic) bond motifs is 1. The van der Waals surface area contributed by atoms with E-state index in [1.54, 1.807) is 11.3 Å². The van der Waals surface area contributed by atoms with Gasteiger partial charge in [-0.25, -0.2) is 9.97 Å². The topological polar surface area (TPSA) is 66.3 Å².